The zero-order chi connectivity index (χ0) is 18.6. The van der Waals surface area contributed by atoms with Crippen LogP contribution in [-0.2, 0) is 7.05 Å². The van der Waals surface area contributed by atoms with Gasteiger partial charge in [0.25, 0.3) is 11.8 Å². The molecule has 0 atom stereocenters. The highest BCUT2D eigenvalue weighted by atomic mass is 16.5. The highest BCUT2D eigenvalue weighted by Crippen LogP contribution is 2.15. The molecule has 0 aliphatic carbocycles. The van der Waals surface area contributed by atoms with Gasteiger partial charge in [-0.1, -0.05) is 6.92 Å². The van der Waals surface area contributed by atoms with Gasteiger partial charge >= 0.3 is 0 Å². The summed E-state index contributed by atoms with van der Waals surface area (Å²) in [6, 6.07) is 8.28. The molecular formula is C18H24N4O3. The third-order valence-electron chi connectivity index (χ3n) is 4.02. The van der Waals surface area contributed by atoms with Gasteiger partial charge in [-0.25, -0.2) is 4.68 Å². The summed E-state index contributed by atoms with van der Waals surface area (Å²) in [6.07, 6.45) is 0.834. The van der Waals surface area contributed by atoms with E-state index < -0.39 is 0 Å². The maximum Gasteiger partial charge on any atom is 0.276 e. The first kappa shape index (κ1) is 18.5. The summed E-state index contributed by atoms with van der Waals surface area (Å²) in [5.41, 5.74) is 1.12. The second kappa shape index (κ2) is 7.38. The molecule has 7 heteroatoms. The number of aromatic nitrogens is 2. The van der Waals surface area contributed by atoms with Gasteiger partial charge in [0, 0.05) is 29.9 Å². The quantitative estimate of drug-likeness (QED) is 0.843. The number of carbonyl (C=O) groups excluding carboxylic acids is 2. The minimum absolute atomic E-state index is 0.140. The molecule has 0 fully saturated rings. The van der Waals surface area contributed by atoms with Gasteiger partial charge < -0.3 is 15.4 Å². The predicted octanol–water partition coefficient (Wildman–Crippen LogP) is 2.60. The van der Waals surface area contributed by atoms with Crippen molar-refractivity contribution in [2.24, 2.45) is 7.05 Å². The van der Waals surface area contributed by atoms with Crippen molar-refractivity contribution in [2.45, 2.75) is 32.7 Å². The number of carbonyl (C=O) groups is 2. The molecule has 1 heterocycles. The number of aryl methyl sites for hydroxylation is 1. The van der Waals surface area contributed by atoms with E-state index in [2.05, 4.69) is 15.7 Å². The number of nitrogens with zero attached hydrogens (tertiary/aromatic N) is 2. The molecule has 2 N–H and O–H groups in total. The van der Waals surface area contributed by atoms with Gasteiger partial charge in [0.1, 0.15) is 0 Å². The summed E-state index contributed by atoms with van der Waals surface area (Å²) in [6.45, 7) is 5.97. The van der Waals surface area contributed by atoms with Gasteiger partial charge in [0.05, 0.1) is 7.11 Å². The van der Waals surface area contributed by atoms with Crippen LogP contribution < -0.4 is 15.4 Å². The van der Waals surface area contributed by atoms with Gasteiger partial charge in [-0.05, 0) is 44.5 Å². The summed E-state index contributed by atoms with van der Waals surface area (Å²) < 4.78 is 6.58. The van der Waals surface area contributed by atoms with E-state index in [0.717, 1.165) is 6.42 Å². The minimum atomic E-state index is -0.344. The molecule has 0 saturated carbocycles. The molecule has 2 amide bonds. The zero-order valence-electron chi connectivity index (χ0n) is 15.2. The number of hydrogen-bond donors (Lipinski definition) is 2. The van der Waals surface area contributed by atoms with Crippen molar-refractivity contribution in [2.75, 3.05) is 12.4 Å². The van der Waals surface area contributed by atoms with Crippen LogP contribution in [0.1, 0.15) is 48.0 Å². The van der Waals surface area contributed by atoms with Gasteiger partial charge in [0.15, 0.2) is 5.69 Å². The Labute approximate surface area is 147 Å². The maximum atomic E-state index is 12.2. The molecule has 25 heavy (non-hydrogen) atoms. The van der Waals surface area contributed by atoms with Crippen molar-refractivity contribution in [1.82, 2.24) is 15.1 Å². The molecule has 134 valence electrons. The Bertz CT molecular complexity index is 763. The smallest absolute Gasteiger partial charge is 0.276 e. The highest BCUT2D eigenvalue weighted by Gasteiger charge is 2.19. The van der Waals surface area contributed by atoms with E-state index in [9.17, 15) is 9.59 Å². The number of methoxy groups -OCH3 is 1. The number of benzene rings is 1. The lowest BCUT2D eigenvalue weighted by Crippen LogP contribution is -2.42. The largest absolute Gasteiger partial charge is 0.481 e. The molecule has 0 bridgehead atoms. The lowest BCUT2D eigenvalue weighted by molar-refractivity contribution is 0.0911. The van der Waals surface area contributed by atoms with Crippen LogP contribution in [0.15, 0.2) is 30.3 Å². The highest BCUT2D eigenvalue weighted by molar-refractivity contribution is 6.03. The van der Waals surface area contributed by atoms with E-state index in [-0.39, 0.29) is 23.0 Å². The van der Waals surface area contributed by atoms with Crippen LogP contribution in [0.2, 0.25) is 0 Å². The molecule has 0 aliphatic rings. The fraction of sp³-hybridized carbons (Fsp3) is 0.389. The molecule has 0 aliphatic heterocycles. The van der Waals surface area contributed by atoms with Crippen LogP contribution in [0.4, 0.5) is 5.69 Å². The Morgan fingerprint density at radius 3 is 2.36 bits per heavy atom. The second-order valence-electron chi connectivity index (χ2n) is 6.42. The second-order valence-corrected chi connectivity index (χ2v) is 6.42. The Hall–Kier alpha value is -2.83. The summed E-state index contributed by atoms with van der Waals surface area (Å²) >= 11 is 0. The lowest BCUT2D eigenvalue weighted by atomic mass is 10.0. The zero-order valence-corrected chi connectivity index (χ0v) is 15.2. The van der Waals surface area contributed by atoms with Crippen molar-refractivity contribution < 1.29 is 14.3 Å². The summed E-state index contributed by atoms with van der Waals surface area (Å²) in [7, 11) is 3.21. The standard InChI is InChI=1S/C18H24N4O3/c1-6-18(2,3)20-16(23)12-7-9-13(10-8-12)19-17(24)14-11-15(25-5)22(4)21-14/h7-11H,6H2,1-5H3,(H,19,24)(H,20,23). The predicted molar refractivity (Wildman–Crippen MR) is 96.0 cm³/mol. The number of ether oxygens (including phenoxy) is 1. The van der Waals surface area contributed by atoms with Crippen molar-refractivity contribution in [3.63, 3.8) is 0 Å². The van der Waals surface area contributed by atoms with E-state index in [0.29, 0.717) is 17.1 Å². The molecular weight excluding hydrogens is 320 g/mol. The number of amides is 2. The van der Waals surface area contributed by atoms with Gasteiger partial charge in [-0.3, -0.25) is 9.59 Å². The summed E-state index contributed by atoms with van der Waals surface area (Å²) in [5, 5.41) is 9.81. The molecule has 0 radical (unpaired) electrons. The van der Waals surface area contributed by atoms with Crippen LogP contribution in [0.5, 0.6) is 5.88 Å². The number of nitrogens with one attached hydrogen (secondary N) is 2. The first-order valence-corrected chi connectivity index (χ1v) is 8.07. The molecule has 2 rings (SSSR count). The first-order chi connectivity index (χ1) is 11.8. The van der Waals surface area contributed by atoms with Crippen molar-refractivity contribution >= 4 is 17.5 Å². The SMILES string of the molecule is CCC(C)(C)NC(=O)c1ccc(NC(=O)c2cc(OC)n(C)n2)cc1. The normalized spacial score (nSPS) is 11.1. The minimum Gasteiger partial charge on any atom is -0.481 e. The fourth-order valence-corrected chi connectivity index (χ4v) is 2.12. The van der Waals surface area contributed by atoms with Crippen LogP contribution in [0, 0.1) is 0 Å². The Kier molecular flexibility index (Phi) is 5.46. The number of anilines is 1. The third kappa shape index (κ3) is 4.59. The van der Waals surface area contributed by atoms with E-state index in [1.54, 1.807) is 37.4 Å². The van der Waals surface area contributed by atoms with Crippen molar-refractivity contribution in [1.29, 1.82) is 0 Å². The van der Waals surface area contributed by atoms with E-state index >= 15 is 0 Å². The Morgan fingerprint density at radius 2 is 1.84 bits per heavy atom. The molecule has 2 aromatic rings. The van der Waals surface area contributed by atoms with Gasteiger partial charge in [-0.15, -0.1) is 0 Å². The molecule has 7 nitrogen and oxygen atoms in total. The van der Waals surface area contributed by atoms with E-state index in [4.69, 9.17) is 4.74 Å². The Balaban J connectivity index is 2.04. The third-order valence-corrected chi connectivity index (χ3v) is 4.02. The maximum absolute atomic E-state index is 12.2. The fourth-order valence-electron chi connectivity index (χ4n) is 2.12. The van der Waals surface area contributed by atoms with Crippen LogP contribution in [-0.4, -0.2) is 34.2 Å². The van der Waals surface area contributed by atoms with Crippen LogP contribution in [0.25, 0.3) is 0 Å². The average Bonchev–Trinajstić information content (AvgIpc) is 2.96. The lowest BCUT2D eigenvalue weighted by Gasteiger charge is -2.24. The van der Waals surface area contributed by atoms with Crippen molar-refractivity contribution in [3.8, 4) is 5.88 Å². The molecule has 0 unspecified atom stereocenters. The van der Waals surface area contributed by atoms with Gasteiger partial charge in [-0.2, -0.15) is 5.10 Å². The van der Waals surface area contributed by atoms with E-state index in [1.165, 1.54) is 11.8 Å². The molecule has 1 aromatic carbocycles. The molecule has 0 saturated heterocycles. The average molecular weight is 344 g/mol. The number of rotatable bonds is 6. The monoisotopic (exact) mass is 344 g/mol. The first-order valence-electron chi connectivity index (χ1n) is 8.07. The molecule has 0 spiro atoms. The summed E-state index contributed by atoms with van der Waals surface area (Å²) in [4.78, 5) is 24.4. The van der Waals surface area contributed by atoms with E-state index in [1.807, 2.05) is 20.8 Å². The van der Waals surface area contributed by atoms with Crippen molar-refractivity contribution in [3.05, 3.63) is 41.6 Å². The topological polar surface area (TPSA) is 85.3 Å². The van der Waals surface area contributed by atoms with Crippen LogP contribution in [0.3, 0.4) is 0 Å². The molecule has 1 aromatic heterocycles. The Morgan fingerprint density at radius 1 is 1.20 bits per heavy atom. The van der Waals surface area contributed by atoms with Crippen LogP contribution >= 0.6 is 0 Å². The number of hydrogen-bond acceptors (Lipinski definition) is 4. The summed E-state index contributed by atoms with van der Waals surface area (Å²) in [5.74, 6) is 0.0121. The van der Waals surface area contributed by atoms with Gasteiger partial charge in [0.2, 0.25) is 5.88 Å².